The Bertz CT molecular complexity index is 38.0. The predicted molar refractivity (Wildman–Crippen MR) is 33.5 cm³/mol. The van der Waals surface area contributed by atoms with Gasteiger partial charge in [-0.1, -0.05) is 20.3 Å². The van der Waals surface area contributed by atoms with Crippen LogP contribution in [0, 0.1) is 5.92 Å². The van der Waals surface area contributed by atoms with Crippen LogP contribution < -0.4 is 0 Å². The summed E-state index contributed by atoms with van der Waals surface area (Å²) < 4.78 is 21.2. The zero-order valence-electron chi connectivity index (χ0n) is 6.16. The minimum absolute atomic E-state index is 0.170. The molecule has 9 heavy (non-hydrogen) atoms. The van der Waals surface area contributed by atoms with E-state index in [1.807, 2.05) is 13.8 Å². The minimum Gasteiger partial charge on any atom is -0.251 e. The molecule has 0 N–H and O–H groups in total. The fraction of sp³-hybridized carbons (Fsp3) is 1.00. The van der Waals surface area contributed by atoms with Crippen LogP contribution in [-0.4, -0.2) is 13.8 Å². The maximum absolute atomic E-state index is 11.4. The lowest BCUT2D eigenvalue weighted by atomic mass is 10.1. The SMILES string of the molecule is CCC(C)CF.COF. The van der Waals surface area contributed by atoms with Crippen molar-refractivity contribution < 1.29 is 13.9 Å². The van der Waals surface area contributed by atoms with E-state index in [0.717, 1.165) is 13.5 Å². The van der Waals surface area contributed by atoms with Gasteiger partial charge < -0.3 is 0 Å². The molecule has 0 fully saturated rings. The Morgan fingerprint density at radius 3 is 1.89 bits per heavy atom. The van der Waals surface area contributed by atoms with Gasteiger partial charge in [-0.25, -0.2) is 0 Å². The van der Waals surface area contributed by atoms with Gasteiger partial charge in [0.25, 0.3) is 0 Å². The summed E-state index contributed by atoms with van der Waals surface area (Å²) in [6, 6.07) is 0. The Hall–Kier alpha value is -0.180. The standard InChI is InChI=1S/C5H11F.CH3FO/c1-3-5(2)4-6;1-3-2/h5H,3-4H2,1-2H3;1H3. The van der Waals surface area contributed by atoms with E-state index in [0.29, 0.717) is 0 Å². The van der Waals surface area contributed by atoms with Crippen molar-refractivity contribution in [2.45, 2.75) is 20.3 Å². The van der Waals surface area contributed by atoms with Gasteiger partial charge in [0.15, 0.2) is 0 Å². The first-order valence-electron chi connectivity index (χ1n) is 2.93. The molecule has 3 heteroatoms. The second kappa shape index (κ2) is 10.7. The van der Waals surface area contributed by atoms with E-state index in [4.69, 9.17) is 0 Å². The molecule has 0 aliphatic rings. The minimum atomic E-state index is -0.170. The van der Waals surface area contributed by atoms with Crippen molar-refractivity contribution in [1.29, 1.82) is 0 Å². The van der Waals surface area contributed by atoms with Gasteiger partial charge >= 0.3 is 0 Å². The zero-order valence-corrected chi connectivity index (χ0v) is 6.16. The molecule has 0 aromatic rings. The fourth-order valence-corrected chi connectivity index (χ4v) is 0.109. The van der Waals surface area contributed by atoms with Crippen molar-refractivity contribution in [1.82, 2.24) is 0 Å². The third-order valence-electron chi connectivity index (χ3n) is 0.960. The first-order valence-corrected chi connectivity index (χ1v) is 2.93. The monoisotopic (exact) mass is 140 g/mol. The number of hydrogen-bond acceptors (Lipinski definition) is 1. The highest BCUT2D eigenvalue weighted by atomic mass is 19.3. The van der Waals surface area contributed by atoms with Crippen LogP contribution >= 0.6 is 0 Å². The molecular weight excluding hydrogens is 126 g/mol. The summed E-state index contributed by atoms with van der Waals surface area (Å²) in [6.45, 7) is 3.72. The number of hydrogen-bond donors (Lipinski definition) is 0. The fourth-order valence-electron chi connectivity index (χ4n) is 0.109. The van der Waals surface area contributed by atoms with Crippen molar-refractivity contribution in [3.05, 3.63) is 0 Å². The van der Waals surface area contributed by atoms with E-state index in [2.05, 4.69) is 4.94 Å². The summed E-state index contributed by atoms with van der Waals surface area (Å²) in [7, 11) is 0.958. The van der Waals surface area contributed by atoms with Gasteiger partial charge in [0.1, 0.15) is 0 Å². The molecular formula is C6H14F2O. The summed E-state index contributed by atoms with van der Waals surface area (Å²) in [5.41, 5.74) is 0. The van der Waals surface area contributed by atoms with E-state index in [9.17, 15) is 8.92 Å². The summed E-state index contributed by atoms with van der Waals surface area (Å²) in [5.74, 6) is 0.269. The van der Waals surface area contributed by atoms with Crippen molar-refractivity contribution in [2.75, 3.05) is 13.8 Å². The highest BCUT2D eigenvalue weighted by molar-refractivity contribution is 4.42. The van der Waals surface area contributed by atoms with Crippen molar-refractivity contribution >= 4 is 0 Å². The Balaban J connectivity index is 0. The normalized spacial score (nSPS) is 11.7. The molecule has 1 atom stereocenters. The molecule has 0 aliphatic heterocycles. The van der Waals surface area contributed by atoms with Gasteiger partial charge in [0, 0.05) is 0 Å². The summed E-state index contributed by atoms with van der Waals surface area (Å²) in [5, 5.41) is 0. The van der Waals surface area contributed by atoms with Crippen LogP contribution in [0.5, 0.6) is 0 Å². The van der Waals surface area contributed by atoms with Crippen LogP contribution in [-0.2, 0) is 4.94 Å². The topological polar surface area (TPSA) is 9.23 Å². The molecule has 0 aliphatic carbocycles. The number of alkyl halides is 1. The molecule has 0 bridgehead atoms. The van der Waals surface area contributed by atoms with E-state index >= 15 is 0 Å². The maximum Gasteiger partial charge on any atom is 0.0919 e. The molecule has 58 valence electrons. The van der Waals surface area contributed by atoms with Crippen LogP contribution in [0.1, 0.15) is 20.3 Å². The number of halogens is 2. The summed E-state index contributed by atoms with van der Waals surface area (Å²) >= 11 is 0. The zero-order chi connectivity index (χ0) is 7.70. The molecule has 0 rings (SSSR count). The first-order chi connectivity index (χ1) is 4.22. The Labute approximate surface area is 54.9 Å². The van der Waals surface area contributed by atoms with Gasteiger partial charge in [-0.15, -0.1) is 0 Å². The second-order valence-corrected chi connectivity index (χ2v) is 1.82. The van der Waals surface area contributed by atoms with Crippen LogP contribution in [0.2, 0.25) is 0 Å². The highest BCUT2D eigenvalue weighted by Gasteiger charge is 1.92. The third kappa shape index (κ3) is 18.2. The molecule has 0 saturated carbocycles. The average molecular weight is 140 g/mol. The highest BCUT2D eigenvalue weighted by Crippen LogP contribution is 1.98. The Morgan fingerprint density at radius 2 is 1.89 bits per heavy atom. The van der Waals surface area contributed by atoms with E-state index in [1.165, 1.54) is 0 Å². The Kier molecular flexibility index (Phi) is 13.8. The predicted octanol–water partition coefficient (Wildman–Crippen LogP) is 2.52. The molecule has 0 aromatic carbocycles. The van der Waals surface area contributed by atoms with Crippen molar-refractivity contribution in [2.24, 2.45) is 5.92 Å². The van der Waals surface area contributed by atoms with Gasteiger partial charge in [-0.05, 0) is 10.4 Å². The molecule has 0 aromatic heterocycles. The van der Waals surface area contributed by atoms with E-state index in [1.54, 1.807) is 0 Å². The van der Waals surface area contributed by atoms with E-state index in [-0.39, 0.29) is 12.6 Å². The van der Waals surface area contributed by atoms with Gasteiger partial charge in [0.2, 0.25) is 0 Å². The first kappa shape index (κ1) is 11.6. The number of rotatable bonds is 2. The van der Waals surface area contributed by atoms with Crippen LogP contribution in [0.4, 0.5) is 8.92 Å². The lowest BCUT2D eigenvalue weighted by molar-refractivity contribution is -0.0960. The van der Waals surface area contributed by atoms with Gasteiger partial charge in [-0.2, -0.15) is 4.94 Å². The summed E-state index contributed by atoms with van der Waals surface area (Å²) in [6.07, 6.45) is 0.955. The molecule has 0 spiro atoms. The molecule has 0 amide bonds. The third-order valence-corrected chi connectivity index (χ3v) is 0.960. The lowest BCUT2D eigenvalue weighted by Gasteiger charge is -1.95. The maximum atomic E-state index is 11.4. The Morgan fingerprint density at radius 1 is 1.56 bits per heavy atom. The second-order valence-electron chi connectivity index (χ2n) is 1.82. The van der Waals surface area contributed by atoms with Crippen molar-refractivity contribution in [3.63, 3.8) is 0 Å². The molecule has 0 radical (unpaired) electrons. The van der Waals surface area contributed by atoms with Gasteiger partial charge in [0.05, 0.1) is 13.8 Å². The smallest absolute Gasteiger partial charge is 0.0919 e. The van der Waals surface area contributed by atoms with Crippen LogP contribution in [0.25, 0.3) is 0 Å². The molecule has 1 unspecified atom stereocenters. The van der Waals surface area contributed by atoms with Gasteiger partial charge in [-0.3, -0.25) is 4.39 Å². The summed E-state index contributed by atoms with van der Waals surface area (Å²) in [4.78, 5) is 2.75. The molecule has 0 saturated heterocycles. The van der Waals surface area contributed by atoms with E-state index < -0.39 is 0 Å². The molecule has 1 nitrogen and oxygen atoms in total. The van der Waals surface area contributed by atoms with Crippen LogP contribution in [0.15, 0.2) is 0 Å². The van der Waals surface area contributed by atoms with Crippen molar-refractivity contribution in [3.8, 4) is 0 Å². The van der Waals surface area contributed by atoms with Crippen LogP contribution in [0.3, 0.4) is 0 Å². The lowest BCUT2D eigenvalue weighted by Crippen LogP contribution is -1.91. The quantitative estimate of drug-likeness (QED) is 0.572. The molecule has 0 heterocycles. The largest absolute Gasteiger partial charge is 0.251 e. The average Bonchev–Trinajstić information content (AvgIpc) is 1.88.